The van der Waals surface area contributed by atoms with Crippen molar-refractivity contribution >= 4 is 27.1 Å². The van der Waals surface area contributed by atoms with Crippen molar-refractivity contribution in [1.82, 2.24) is 4.98 Å². The van der Waals surface area contributed by atoms with Crippen LogP contribution >= 0.6 is 11.3 Å². The zero-order valence-corrected chi connectivity index (χ0v) is 11.7. The third-order valence-corrected chi connectivity index (χ3v) is 5.65. The highest BCUT2D eigenvalue weighted by Gasteiger charge is 2.47. The molecule has 1 N–H and O–H groups in total. The van der Waals surface area contributed by atoms with Crippen LogP contribution in [0, 0.1) is 12.3 Å². The summed E-state index contributed by atoms with van der Waals surface area (Å²) >= 11 is 1.42. The maximum atomic E-state index is 12.0. The molecule has 0 amide bonds. The Morgan fingerprint density at radius 1 is 1.56 bits per heavy atom. The molecule has 1 aliphatic rings. The molecule has 1 aromatic heterocycles. The van der Waals surface area contributed by atoms with Crippen molar-refractivity contribution in [2.45, 2.75) is 31.9 Å². The van der Waals surface area contributed by atoms with Crippen LogP contribution in [0.1, 0.15) is 30.0 Å². The molecule has 18 heavy (non-hydrogen) atoms. The second kappa shape index (κ2) is 4.62. The summed E-state index contributed by atoms with van der Waals surface area (Å²) < 4.78 is 24.0. The van der Waals surface area contributed by atoms with Crippen molar-refractivity contribution in [1.29, 1.82) is 0 Å². The Hall–Kier alpha value is -0.950. The fourth-order valence-corrected chi connectivity index (χ4v) is 4.83. The third kappa shape index (κ3) is 3.52. The van der Waals surface area contributed by atoms with Crippen LogP contribution in [0.5, 0.6) is 0 Å². The van der Waals surface area contributed by atoms with Crippen molar-refractivity contribution in [3.63, 3.8) is 0 Å². The zero-order chi connectivity index (χ0) is 13.4. The van der Waals surface area contributed by atoms with Crippen LogP contribution < -0.4 is 0 Å². The van der Waals surface area contributed by atoms with Gasteiger partial charge in [0, 0.05) is 5.38 Å². The fraction of sp³-hybridized carbons (Fsp3) is 0.636. The lowest BCUT2D eigenvalue weighted by atomic mass is 10.1. The summed E-state index contributed by atoms with van der Waals surface area (Å²) in [5.41, 5.74) is 0.0408. The summed E-state index contributed by atoms with van der Waals surface area (Å²) in [6.07, 6.45) is 1.32. The molecule has 0 saturated heterocycles. The minimum atomic E-state index is -3.28. The third-order valence-electron chi connectivity index (χ3n) is 3.04. The molecule has 0 spiro atoms. The van der Waals surface area contributed by atoms with Gasteiger partial charge in [0.2, 0.25) is 0 Å². The van der Waals surface area contributed by atoms with E-state index in [0.717, 1.165) is 5.01 Å². The Kier molecular flexibility index (Phi) is 3.46. The molecule has 2 rings (SSSR count). The van der Waals surface area contributed by atoms with Crippen LogP contribution in [-0.4, -0.2) is 30.2 Å². The zero-order valence-electron chi connectivity index (χ0n) is 10.0. The molecule has 100 valence electrons. The number of carboxylic acid groups (broad SMARTS) is 1. The van der Waals surface area contributed by atoms with Gasteiger partial charge in [-0.3, -0.25) is 4.79 Å². The van der Waals surface area contributed by atoms with E-state index in [2.05, 4.69) is 4.98 Å². The van der Waals surface area contributed by atoms with Gasteiger partial charge in [-0.2, -0.15) is 0 Å². The Labute approximate surface area is 110 Å². The highest BCUT2D eigenvalue weighted by molar-refractivity contribution is 7.90. The van der Waals surface area contributed by atoms with Gasteiger partial charge in [-0.05, 0) is 25.2 Å². The first-order valence-corrected chi connectivity index (χ1v) is 8.34. The van der Waals surface area contributed by atoms with Crippen LogP contribution in [-0.2, 0) is 20.4 Å². The largest absolute Gasteiger partial charge is 0.481 e. The number of carboxylic acids is 1. The molecule has 0 atom stereocenters. The molecule has 0 aromatic carbocycles. The summed E-state index contributed by atoms with van der Waals surface area (Å²) in [5, 5.41) is 11.4. The number of sulfone groups is 1. The van der Waals surface area contributed by atoms with E-state index in [4.69, 9.17) is 5.11 Å². The first-order valence-electron chi connectivity index (χ1n) is 5.64. The molecule has 1 aliphatic carbocycles. The number of rotatable bonds is 6. The number of hydrogen-bond acceptors (Lipinski definition) is 5. The Morgan fingerprint density at radius 2 is 2.22 bits per heavy atom. The lowest BCUT2D eigenvalue weighted by molar-refractivity contribution is -0.138. The van der Waals surface area contributed by atoms with Crippen molar-refractivity contribution < 1.29 is 18.3 Å². The van der Waals surface area contributed by atoms with Gasteiger partial charge in [0.25, 0.3) is 0 Å². The summed E-state index contributed by atoms with van der Waals surface area (Å²) in [4.78, 5) is 14.8. The Balaban J connectivity index is 2.02. The number of nitrogens with zero attached hydrogens (tertiary/aromatic N) is 1. The van der Waals surface area contributed by atoms with E-state index in [-0.39, 0.29) is 17.9 Å². The molecule has 5 nitrogen and oxygen atoms in total. The molecule has 1 aromatic rings. The first kappa shape index (κ1) is 13.5. The number of aliphatic carboxylic acids is 1. The van der Waals surface area contributed by atoms with Crippen LogP contribution in [0.2, 0.25) is 0 Å². The quantitative estimate of drug-likeness (QED) is 0.860. The minimum absolute atomic E-state index is 0.0388. The van der Waals surface area contributed by atoms with Crippen molar-refractivity contribution in [2.75, 3.05) is 5.75 Å². The van der Waals surface area contributed by atoms with Gasteiger partial charge in [-0.15, -0.1) is 11.3 Å². The molecule has 0 bridgehead atoms. The average molecular weight is 289 g/mol. The second-order valence-electron chi connectivity index (χ2n) is 4.96. The maximum Gasteiger partial charge on any atom is 0.303 e. The van der Waals surface area contributed by atoms with Gasteiger partial charge in [0.05, 0.1) is 28.6 Å². The van der Waals surface area contributed by atoms with Gasteiger partial charge in [-0.1, -0.05) is 0 Å². The molecule has 0 unspecified atom stereocenters. The van der Waals surface area contributed by atoms with Crippen LogP contribution in [0.25, 0.3) is 0 Å². The average Bonchev–Trinajstić information content (AvgIpc) is 2.78. The SMILES string of the molecule is Cc1nc(CS(=O)(=O)CC2(CC(=O)O)CC2)cs1. The topological polar surface area (TPSA) is 84.3 Å². The number of aromatic nitrogens is 1. The van der Waals surface area contributed by atoms with Crippen LogP contribution in [0.15, 0.2) is 5.38 Å². The standard InChI is InChI=1S/C11H15NO4S2/c1-8-12-9(5-17-8)6-18(15,16)7-11(2-3-11)4-10(13)14/h5H,2-4,6-7H2,1H3,(H,13,14). The summed E-state index contributed by atoms with van der Waals surface area (Å²) in [6, 6.07) is 0. The predicted octanol–water partition coefficient (Wildman–Crippen LogP) is 1.62. The van der Waals surface area contributed by atoms with E-state index in [9.17, 15) is 13.2 Å². The smallest absolute Gasteiger partial charge is 0.303 e. The number of carbonyl (C=O) groups is 1. The van der Waals surface area contributed by atoms with E-state index < -0.39 is 21.2 Å². The summed E-state index contributed by atoms with van der Waals surface area (Å²) in [6.45, 7) is 1.83. The Bertz CT molecular complexity index is 557. The second-order valence-corrected chi connectivity index (χ2v) is 8.09. The van der Waals surface area contributed by atoms with Crippen LogP contribution in [0.4, 0.5) is 0 Å². The monoisotopic (exact) mass is 289 g/mol. The fourth-order valence-electron chi connectivity index (χ4n) is 2.09. The molecule has 7 heteroatoms. The van der Waals surface area contributed by atoms with Gasteiger partial charge < -0.3 is 5.11 Å². The molecule has 0 radical (unpaired) electrons. The molecule has 0 aliphatic heterocycles. The van der Waals surface area contributed by atoms with Gasteiger partial charge in [0.15, 0.2) is 9.84 Å². The molecule has 1 heterocycles. The van der Waals surface area contributed by atoms with Crippen molar-refractivity contribution in [3.05, 3.63) is 16.1 Å². The lowest BCUT2D eigenvalue weighted by Crippen LogP contribution is -2.21. The summed E-state index contributed by atoms with van der Waals surface area (Å²) in [7, 11) is -3.28. The highest BCUT2D eigenvalue weighted by Crippen LogP contribution is 2.50. The van der Waals surface area contributed by atoms with E-state index in [1.165, 1.54) is 11.3 Å². The maximum absolute atomic E-state index is 12.0. The number of hydrogen-bond donors (Lipinski definition) is 1. The molecular weight excluding hydrogens is 274 g/mol. The van der Waals surface area contributed by atoms with Gasteiger partial charge >= 0.3 is 5.97 Å². The lowest BCUT2D eigenvalue weighted by Gasteiger charge is -2.12. The highest BCUT2D eigenvalue weighted by atomic mass is 32.2. The Morgan fingerprint density at radius 3 is 2.67 bits per heavy atom. The van der Waals surface area contributed by atoms with E-state index in [1.807, 2.05) is 6.92 Å². The molecule has 1 fully saturated rings. The van der Waals surface area contributed by atoms with Crippen molar-refractivity contribution in [3.8, 4) is 0 Å². The number of thiazole rings is 1. The van der Waals surface area contributed by atoms with Crippen LogP contribution in [0.3, 0.4) is 0 Å². The molecular formula is C11H15NO4S2. The van der Waals surface area contributed by atoms with E-state index >= 15 is 0 Å². The number of aryl methyl sites for hydroxylation is 1. The summed E-state index contributed by atoms with van der Waals surface area (Å²) in [5.74, 6) is -1.05. The molecule has 1 saturated carbocycles. The van der Waals surface area contributed by atoms with Gasteiger partial charge in [0.1, 0.15) is 0 Å². The predicted molar refractivity (Wildman–Crippen MR) is 68.3 cm³/mol. The van der Waals surface area contributed by atoms with E-state index in [0.29, 0.717) is 18.5 Å². The van der Waals surface area contributed by atoms with Gasteiger partial charge in [-0.25, -0.2) is 13.4 Å². The minimum Gasteiger partial charge on any atom is -0.481 e. The first-order chi connectivity index (χ1) is 8.30. The van der Waals surface area contributed by atoms with E-state index in [1.54, 1.807) is 5.38 Å². The normalized spacial score (nSPS) is 17.6. The van der Waals surface area contributed by atoms with Crippen molar-refractivity contribution in [2.24, 2.45) is 5.41 Å².